The predicted octanol–water partition coefficient (Wildman–Crippen LogP) is -2.80. The highest BCUT2D eigenvalue weighted by Crippen LogP contribution is 2.29. The molecule has 0 aromatic carbocycles. The Balaban J connectivity index is 4.62. The van der Waals surface area contributed by atoms with Gasteiger partial charge in [0.15, 0.2) is 5.78 Å². The molecule has 0 aliphatic rings. The highest BCUT2D eigenvalue weighted by atomic mass is 33.1. The van der Waals surface area contributed by atoms with Crippen LogP contribution in [0.4, 0.5) is 0 Å². The minimum absolute atomic E-state index is 0.0364. The van der Waals surface area contributed by atoms with Crippen LogP contribution in [0.3, 0.4) is 0 Å². The van der Waals surface area contributed by atoms with Crippen molar-refractivity contribution in [3.8, 4) is 0 Å². The van der Waals surface area contributed by atoms with Gasteiger partial charge in [-0.2, -0.15) is 0 Å². The number of carbonyl (C=O) groups excluding carboxylic acids is 2. The Hall–Kier alpha value is -1.34. The summed E-state index contributed by atoms with van der Waals surface area (Å²) >= 11 is 0. The van der Waals surface area contributed by atoms with E-state index in [1.165, 1.54) is 0 Å². The first-order valence-corrected chi connectivity index (χ1v) is 8.33. The number of hydrogen-bond donors (Lipinski definition) is 6. The molecule has 12 heteroatoms. The lowest BCUT2D eigenvalue weighted by molar-refractivity contribution is -0.140. The molecule has 0 saturated heterocycles. The molecule has 0 bridgehead atoms. The topological polar surface area (TPSA) is 199 Å². The molecule has 0 aromatic rings. The number of rotatable bonds is 11. The number of amides is 1. The van der Waals surface area contributed by atoms with Gasteiger partial charge in [0.25, 0.3) is 0 Å². The highest BCUT2D eigenvalue weighted by Gasteiger charge is 2.31. The standard InChI is InChI=1S/C10H18N4O6S2/c11-1-6(16)14-2-5(15)8(7(13)10(19)20)22-21-3-4(12)9(17)18/h4,7-8H,1-3,11-13H2,(H,14,16)(H,17,18)(H,19,20)/t4-,7-,8?/m0/s1. The SMILES string of the molecule is NCC(=O)NCC(=O)C(SSC[C@H](N)C(=O)O)[C@H](N)C(=O)O. The van der Waals surface area contributed by atoms with Crippen molar-refractivity contribution >= 4 is 45.2 Å². The predicted molar refractivity (Wildman–Crippen MR) is 82.1 cm³/mol. The molecule has 1 amide bonds. The van der Waals surface area contributed by atoms with Crippen molar-refractivity contribution in [3.63, 3.8) is 0 Å². The Morgan fingerprint density at radius 3 is 2.14 bits per heavy atom. The van der Waals surface area contributed by atoms with E-state index in [0.717, 1.165) is 21.6 Å². The third-order valence-corrected chi connectivity index (χ3v) is 5.14. The number of carboxylic acid groups (broad SMARTS) is 2. The van der Waals surface area contributed by atoms with Crippen molar-refractivity contribution in [2.75, 3.05) is 18.8 Å². The Morgan fingerprint density at radius 2 is 1.68 bits per heavy atom. The van der Waals surface area contributed by atoms with E-state index in [0.29, 0.717) is 0 Å². The molecule has 0 fully saturated rings. The Bertz CT molecular complexity index is 436. The van der Waals surface area contributed by atoms with Crippen molar-refractivity contribution in [3.05, 3.63) is 0 Å². The molecular formula is C10H18N4O6S2. The first-order chi connectivity index (χ1) is 10.2. The van der Waals surface area contributed by atoms with E-state index in [-0.39, 0.29) is 12.3 Å². The second kappa shape index (κ2) is 10.4. The maximum Gasteiger partial charge on any atom is 0.322 e. The number of Topliss-reactive ketones (excluding diaryl/α,β-unsaturated/α-hetero) is 1. The summed E-state index contributed by atoms with van der Waals surface area (Å²) in [5, 5.41) is 18.6. The van der Waals surface area contributed by atoms with Crippen molar-refractivity contribution < 1.29 is 29.4 Å². The van der Waals surface area contributed by atoms with E-state index >= 15 is 0 Å². The Labute approximate surface area is 133 Å². The minimum Gasteiger partial charge on any atom is -0.480 e. The second-order valence-corrected chi connectivity index (χ2v) is 6.61. The molecule has 126 valence electrons. The summed E-state index contributed by atoms with van der Waals surface area (Å²) in [6.45, 7) is -0.724. The number of ketones is 1. The first-order valence-electron chi connectivity index (χ1n) is 5.95. The lowest BCUT2D eigenvalue weighted by Crippen LogP contribution is -2.48. The van der Waals surface area contributed by atoms with E-state index in [2.05, 4.69) is 5.32 Å². The highest BCUT2D eigenvalue weighted by molar-refractivity contribution is 8.77. The number of nitrogens with one attached hydrogen (secondary N) is 1. The summed E-state index contributed by atoms with van der Waals surface area (Å²) in [6.07, 6.45) is 0. The maximum absolute atomic E-state index is 11.9. The molecule has 22 heavy (non-hydrogen) atoms. The van der Waals surface area contributed by atoms with Gasteiger partial charge in [-0.05, 0) is 0 Å². The van der Waals surface area contributed by atoms with Gasteiger partial charge in [0.2, 0.25) is 5.91 Å². The number of hydrogen-bond acceptors (Lipinski definition) is 9. The van der Waals surface area contributed by atoms with Gasteiger partial charge in [0.1, 0.15) is 17.3 Å². The molecule has 0 spiro atoms. The van der Waals surface area contributed by atoms with Crippen LogP contribution in [0.15, 0.2) is 0 Å². The van der Waals surface area contributed by atoms with E-state index in [1.807, 2.05) is 0 Å². The van der Waals surface area contributed by atoms with Crippen LogP contribution in [-0.2, 0) is 19.2 Å². The molecule has 0 saturated carbocycles. The molecule has 0 rings (SSSR count). The zero-order valence-electron chi connectivity index (χ0n) is 11.4. The van der Waals surface area contributed by atoms with Gasteiger partial charge in [-0.15, -0.1) is 0 Å². The summed E-state index contributed by atoms with van der Waals surface area (Å²) in [5.74, 6) is -3.82. The fourth-order valence-corrected chi connectivity index (χ4v) is 3.80. The van der Waals surface area contributed by atoms with Gasteiger partial charge in [0.05, 0.1) is 13.1 Å². The van der Waals surface area contributed by atoms with E-state index in [9.17, 15) is 19.2 Å². The third kappa shape index (κ3) is 7.61. The van der Waals surface area contributed by atoms with Gasteiger partial charge >= 0.3 is 11.9 Å². The fourth-order valence-electron chi connectivity index (χ4n) is 1.06. The number of nitrogens with two attached hydrogens (primary N) is 3. The lowest BCUT2D eigenvalue weighted by Gasteiger charge is -2.19. The molecule has 0 radical (unpaired) electrons. The number of carboxylic acids is 2. The zero-order chi connectivity index (χ0) is 17.3. The van der Waals surface area contributed by atoms with Gasteiger partial charge in [0, 0.05) is 5.75 Å². The Morgan fingerprint density at radius 1 is 1.09 bits per heavy atom. The second-order valence-electron chi connectivity index (χ2n) is 4.06. The number of carbonyl (C=O) groups is 4. The zero-order valence-corrected chi connectivity index (χ0v) is 13.1. The van der Waals surface area contributed by atoms with E-state index in [1.54, 1.807) is 0 Å². The summed E-state index contributed by atoms with van der Waals surface area (Å²) in [7, 11) is 1.73. The van der Waals surface area contributed by atoms with E-state index < -0.39 is 47.5 Å². The maximum atomic E-state index is 11.9. The largest absolute Gasteiger partial charge is 0.480 e. The smallest absolute Gasteiger partial charge is 0.322 e. The van der Waals surface area contributed by atoms with Crippen LogP contribution in [0.1, 0.15) is 0 Å². The normalized spacial score (nSPS) is 14.7. The van der Waals surface area contributed by atoms with Crippen molar-refractivity contribution in [1.82, 2.24) is 5.32 Å². The molecule has 0 aliphatic heterocycles. The summed E-state index contributed by atoms with van der Waals surface area (Å²) in [6, 6.07) is -2.65. The first kappa shape index (κ1) is 20.7. The average molecular weight is 354 g/mol. The van der Waals surface area contributed by atoms with E-state index in [4.69, 9.17) is 27.4 Å². The van der Waals surface area contributed by atoms with Crippen molar-refractivity contribution in [1.29, 1.82) is 0 Å². The van der Waals surface area contributed by atoms with Crippen LogP contribution in [0.2, 0.25) is 0 Å². The van der Waals surface area contributed by atoms with Crippen LogP contribution >= 0.6 is 21.6 Å². The molecule has 0 aromatic heterocycles. The van der Waals surface area contributed by atoms with Crippen LogP contribution < -0.4 is 22.5 Å². The summed E-state index contributed by atoms with van der Waals surface area (Å²) in [4.78, 5) is 44.4. The quantitative estimate of drug-likeness (QED) is 0.209. The average Bonchev–Trinajstić information content (AvgIpc) is 2.47. The van der Waals surface area contributed by atoms with Crippen molar-refractivity contribution in [2.24, 2.45) is 17.2 Å². The molecule has 3 atom stereocenters. The fraction of sp³-hybridized carbons (Fsp3) is 0.600. The van der Waals surface area contributed by atoms with Crippen LogP contribution in [0.5, 0.6) is 0 Å². The summed E-state index contributed by atoms with van der Waals surface area (Å²) < 4.78 is 0. The Kier molecular flexibility index (Phi) is 9.76. The van der Waals surface area contributed by atoms with Crippen LogP contribution in [0, 0.1) is 0 Å². The molecular weight excluding hydrogens is 336 g/mol. The van der Waals surface area contributed by atoms with Gasteiger partial charge in [-0.25, -0.2) is 0 Å². The van der Waals surface area contributed by atoms with Gasteiger partial charge in [-0.3, -0.25) is 19.2 Å². The third-order valence-electron chi connectivity index (χ3n) is 2.31. The molecule has 0 heterocycles. The lowest BCUT2D eigenvalue weighted by atomic mass is 10.1. The molecule has 0 aliphatic carbocycles. The van der Waals surface area contributed by atoms with Crippen LogP contribution in [0.25, 0.3) is 0 Å². The monoisotopic (exact) mass is 354 g/mol. The van der Waals surface area contributed by atoms with Crippen molar-refractivity contribution in [2.45, 2.75) is 17.3 Å². The number of aliphatic carboxylic acids is 2. The van der Waals surface area contributed by atoms with Gasteiger partial charge in [-0.1, -0.05) is 21.6 Å². The molecule has 1 unspecified atom stereocenters. The van der Waals surface area contributed by atoms with Crippen LogP contribution in [-0.4, -0.2) is 70.0 Å². The molecule has 9 N–H and O–H groups in total. The molecule has 10 nitrogen and oxygen atoms in total. The minimum atomic E-state index is -1.50. The summed E-state index contributed by atoms with van der Waals surface area (Å²) in [5.41, 5.74) is 15.8. The van der Waals surface area contributed by atoms with Gasteiger partial charge < -0.3 is 32.7 Å².